The van der Waals surface area contributed by atoms with Gasteiger partial charge in [-0.3, -0.25) is 4.79 Å². The number of phenols is 1. The van der Waals surface area contributed by atoms with Crippen LogP contribution in [0.5, 0.6) is 5.75 Å². The molecule has 5 nitrogen and oxygen atoms in total. The first-order valence-corrected chi connectivity index (χ1v) is 8.59. The Hall–Kier alpha value is -1.85. The second kappa shape index (κ2) is 7.36. The Labute approximate surface area is 142 Å². The Morgan fingerprint density at radius 2 is 1.79 bits per heavy atom. The maximum atomic E-state index is 12.2. The fourth-order valence-corrected chi connectivity index (χ4v) is 3.23. The van der Waals surface area contributed by atoms with Crippen molar-refractivity contribution in [1.82, 2.24) is 9.88 Å². The van der Waals surface area contributed by atoms with Crippen LogP contribution in [0.2, 0.25) is 0 Å². The Morgan fingerprint density at radius 3 is 2.33 bits per heavy atom. The molecule has 24 heavy (non-hydrogen) atoms. The lowest BCUT2D eigenvalue weighted by Crippen LogP contribution is -2.39. The summed E-state index contributed by atoms with van der Waals surface area (Å²) >= 11 is 0. The standard InChI is InChI=1S/C19H28N2O3/c1-6-15(20-11(2)3)19(24)14-7-9-16(22)18-13(14)8-10-17(23)21(18)12(4)5/h7-12,15,19-20,22,24H,6H2,1-5H3. The van der Waals surface area contributed by atoms with Crippen molar-refractivity contribution in [2.75, 3.05) is 0 Å². The van der Waals surface area contributed by atoms with E-state index in [1.165, 1.54) is 6.07 Å². The molecule has 2 unspecified atom stereocenters. The number of nitrogens with zero attached hydrogens (tertiary/aromatic N) is 1. The van der Waals surface area contributed by atoms with E-state index >= 15 is 0 Å². The highest BCUT2D eigenvalue weighted by Gasteiger charge is 2.23. The first kappa shape index (κ1) is 18.5. The van der Waals surface area contributed by atoms with E-state index in [4.69, 9.17) is 0 Å². The molecule has 0 aliphatic rings. The Morgan fingerprint density at radius 1 is 1.12 bits per heavy atom. The van der Waals surface area contributed by atoms with E-state index in [9.17, 15) is 15.0 Å². The molecule has 0 saturated heterocycles. The molecule has 3 N–H and O–H groups in total. The fraction of sp³-hybridized carbons (Fsp3) is 0.526. The van der Waals surface area contributed by atoms with Gasteiger partial charge in [-0.2, -0.15) is 0 Å². The number of nitrogens with one attached hydrogen (secondary N) is 1. The van der Waals surface area contributed by atoms with Crippen molar-refractivity contribution in [3.05, 3.63) is 40.2 Å². The normalized spacial score (nSPS) is 14.5. The van der Waals surface area contributed by atoms with E-state index in [2.05, 4.69) is 5.32 Å². The lowest BCUT2D eigenvalue weighted by Gasteiger charge is -2.27. The van der Waals surface area contributed by atoms with Crippen LogP contribution in [-0.2, 0) is 0 Å². The zero-order valence-electron chi connectivity index (χ0n) is 15.1. The number of aromatic nitrogens is 1. The zero-order valence-corrected chi connectivity index (χ0v) is 15.1. The molecule has 2 rings (SSSR count). The van der Waals surface area contributed by atoms with Gasteiger partial charge >= 0.3 is 0 Å². The molecule has 0 aliphatic heterocycles. The molecule has 0 spiro atoms. The molecule has 0 radical (unpaired) electrons. The molecule has 5 heteroatoms. The van der Waals surface area contributed by atoms with Crippen molar-refractivity contribution < 1.29 is 10.2 Å². The number of benzene rings is 1. The molecule has 0 amide bonds. The van der Waals surface area contributed by atoms with Crippen LogP contribution in [0.1, 0.15) is 58.7 Å². The van der Waals surface area contributed by atoms with Gasteiger partial charge in [0.05, 0.1) is 11.6 Å². The number of hydrogen-bond donors (Lipinski definition) is 3. The van der Waals surface area contributed by atoms with Crippen molar-refractivity contribution in [2.24, 2.45) is 0 Å². The summed E-state index contributed by atoms with van der Waals surface area (Å²) in [6, 6.07) is 6.55. The van der Waals surface area contributed by atoms with Crippen molar-refractivity contribution >= 4 is 10.9 Å². The Balaban J connectivity index is 2.67. The summed E-state index contributed by atoms with van der Waals surface area (Å²) in [5, 5.41) is 25.3. The van der Waals surface area contributed by atoms with Gasteiger partial charge in [0.15, 0.2) is 0 Å². The molecule has 0 saturated carbocycles. The second-order valence-corrected chi connectivity index (χ2v) is 6.85. The largest absolute Gasteiger partial charge is 0.506 e. The molecular weight excluding hydrogens is 304 g/mol. The highest BCUT2D eigenvalue weighted by atomic mass is 16.3. The summed E-state index contributed by atoms with van der Waals surface area (Å²) in [5.74, 6) is 0.0530. The quantitative estimate of drug-likeness (QED) is 0.760. The molecule has 1 heterocycles. The molecule has 1 aromatic carbocycles. The van der Waals surface area contributed by atoms with E-state index in [1.54, 1.807) is 22.8 Å². The summed E-state index contributed by atoms with van der Waals surface area (Å²) in [5.41, 5.74) is 1.04. The fourth-order valence-electron chi connectivity index (χ4n) is 3.23. The summed E-state index contributed by atoms with van der Waals surface area (Å²) in [6.45, 7) is 9.91. The molecule has 132 valence electrons. The average Bonchev–Trinajstić information content (AvgIpc) is 2.52. The molecule has 0 bridgehead atoms. The van der Waals surface area contributed by atoms with Gasteiger partial charge in [-0.25, -0.2) is 0 Å². The third-order valence-corrected chi connectivity index (χ3v) is 4.30. The number of aliphatic hydroxyl groups is 1. The number of phenolic OH excluding ortho intramolecular Hbond substituents is 1. The minimum atomic E-state index is -0.724. The van der Waals surface area contributed by atoms with E-state index < -0.39 is 6.10 Å². The third-order valence-electron chi connectivity index (χ3n) is 4.30. The number of aromatic hydroxyl groups is 1. The molecular formula is C19H28N2O3. The van der Waals surface area contributed by atoms with Gasteiger partial charge < -0.3 is 20.1 Å². The maximum Gasteiger partial charge on any atom is 0.251 e. The van der Waals surface area contributed by atoms with Gasteiger partial charge in [-0.1, -0.05) is 26.8 Å². The van der Waals surface area contributed by atoms with Crippen LogP contribution in [-0.4, -0.2) is 26.9 Å². The van der Waals surface area contributed by atoms with Gasteiger partial charge in [-0.15, -0.1) is 0 Å². The number of hydrogen-bond acceptors (Lipinski definition) is 4. The monoisotopic (exact) mass is 332 g/mol. The van der Waals surface area contributed by atoms with Crippen LogP contribution in [0.25, 0.3) is 10.9 Å². The van der Waals surface area contributed by atoms with Gasteiger partial charge in [0, 0.05) is 29.6 Å². The number of rotatable bonds is 6. The molecule has 1 aromatic heterocycles. The van der Waals surface area contributed by atoms with Crippen LogP contribution in [0.15, 0.2) is 29.1 Å². The molecule has 2 atom stereocenters. The minimum absolute atomic E-state index is 0.0530. The number of fused-ring (bicyclic) bond motifs is 1. The van der Waals surface area contributed by atoms with E-state index in [-0.39, 0.29) is 29.4 Å². The minimum Gasteiger partial charge on any atom is -0.506 e. The van der Waals surface area contributed by atoms with E-state index in [0.717, 1.165) is 12.0 Å². The van der Waals surface area contributed by atoms with Gasteiger partial charge in [0.1, 0.15) is 5.75 Å². The van der Waals surface area contributed by atoms with Crippen molar-refractivity contribution in [1.29, 1.82) is 0 Å². The predicted molar refractivity (Wildman–Crippen MR) is 97.6 cm³/mol. The van der Waals surface area contributed by atoms with Crippen molar-refractivity contribution in [3.63, 3.8) is 0 Å². The number of pyridine rings is 1. The van der Waals surface area contributed by atoms with Gasteiger partial charge in [0.2, 0.25) is 0 Å². The molecule has 0 aliphatic carbocycles. The van der Waals surface area contributed by atoms with Crippen LogP contribution >= 0.6 is 0 Å². The highest BCUT2D eigenvalue weighted by Crippen LogP contribution is 2.33. The summed E-state index contributed by atoms with van der Waals surface area (Å²) < 4.78 is 1.57. The summed E-state index contributed by atoms with van der Waals surface area (Å²) in [6.07, 6.45) is 0.0459. The summed E-state index contributed by atoms with van der Waals surface area (Å²) in [7, 11) is 0. The van der Waals surface area contributed by atoms with Gasteiger partial charge in [-0.05, 0) is 38.0 Å². The molecule has 2 aromatic rings. The van der Waals surface area contributed by atoms with Crippen molar-refractivity contribution in [2.45, 2.75) is 65.3 Å². The zero-order chi connectivity index (χ0) is 18.0. The van der Waals surface area contributed by atoms with E-state index in [1.807, 2.05) is 34.6 Å². The maximum absolute atomic E-state index is 12.2. The third kappa shape index (κ3) is 3.47. The lowest BCUT2D eigenvalue weighted by molar-refractivity contribution is 0.123. The van der Waals surface area contributed by atoms with Crippen LogP contribution in [0.3, 0.4) is 0 Å². The second-order valence-electron chi connectivity index (χ2n) is 6.85. The molecule has 0 fully saturated rings. The van der Waals surface area contributed by atoms with Crippen LogP contribution in [0.4, 0.5) is 0 Å². The van der Waals surface area contributed by atoms with Crippen LogP contribution < -0.4 is 10.9 Å². The first-order valence-electron chi connectivity index (χ1n) is 8.59. The number of aliphatic hydroxyl groups excluding tert-OH is 1. The Kier molecular flexibility index (Phi) is 5.67. The summed E-state index contributed by atoms with van der Waals surface area (Å²) in [4.78, 5) is 12.2. The Bertz CT molecular complexity index is 765. The highest BCUT2D eigenvalue weighted by molar-refractivity contribution is 5.88. The SMILES string of the molecule is CCC(NC(C)C)C(O)c1ccc(O)c2c1ccc(=O)n2C(C)C. The predicted octanol–water partition coefficient (Wildman–Crippen LogP) is 3.10. The van der Waals surface area contributed by atoms with E-state index in [0.29, 0.717) is 10.9 Å². The smallest absolute Gasteiger partial charge is 0.251 e. The first-order chi connectivity index (χ1) is 11.3. The lowest BCUT2D eigenvalue weighted by atomic mass is 9.95. The van der Waals surface area contributed by atoms with Crippen molar-refractivity contribution in [3.8, 4) is 5.75 Å². The van der Waals surface area contributed by atoms with Crippen LogP contribution in [0, 0.1) is 0 Å². The topological polar surface area (TPSA) is 74.5 Å². The van der Waals surface area contributed by atoms with Gasteiger partial charge in [0.25, 0.3) is 5.56 Å². The average molecular weight is 332 g/mol.